The molecule has 1 aromatic rings. The minimum absolute atomic E-state index is 0.0228. The van der Waals surface area contributed by atoms with Gasteiger partial charge in [-0.05, 0) is 43.5 Å². The van der Waals surface area contributed by atoms with E-state index in [4.69, 9.17) is 11.6 Å². The van der Waals surface area contributed by atoms with Gasteiger partial charge in [0.1, 0.15) is 0 Å². The van der Waals surface area contributed by atoms with Crippen LogP contribution in [0.25, 0.3) is 0 Å². The van der Waals surface area contributed by atoms with Crippen LogP contribution in [0.2, 0.25) is 5.02 Å². The molecule has 0 unspecified atom stereocenters. The average Bonchev–Trinajstić information content (AvgIpc) is 3.36. The molecule has 1 saturated carbocycles. The van der Waals surface area contributed by atoms with Gasteiger partial charge in [0, 0.05) is 42.9 Å². The summed E-state index contributed by atoms with van der Waals surface area (Å²) >= 11 is 5.94. The molecule has 1 aromatic carbocycles. The minimum atomic E-state index is -0.0228. The first kappa shape index (κ1) is 18.2. The van der Waals surface area contributed by atoms with Crippen LogP contribution in [0.5, 0.6) is 0 Å². The van der Waals surface area contributed by atoms with E-state index < -0.39 is 0 Å². The van der Waals surface area contributed by atoms with E-state index in [1.54, 1.807) is 6.07 Å². The SMILES string of the molecule is Cc1cc(Cl)ccc1NC(=O)CN1CCN(CC(=O)NC2CC2)CC1. The number of amides is 2. The highest BCUT2D eigenvalue weighted by atomic mass is 35.5. The Hall–Kier alpha value is -1.63. The maximum atomic E-state index is 12.2. The smallest absolute Gasteiger partial charge is 0.238 e. The molecular formula is C18H25ClN4O2. The van der Waals surface area contributed by atoms with Crippen LogP contribution in [0.3, 0.4) is 0 Å². The normalized spacial score (nSPS) is 18.8. The highest BCUT2D eigenvalue weighted by molar-refractivity contribution is 6.30. The standard InChI is InChI=1S/C18H25ClN4O2/c1-13-10-14(19)2-5-16(13)21-18(25)12-23-8-6-22(7-9-23)11-17(24)20-15-3-4-15/h2,5,10,15H,3-4,6-9,11-12H2,1H3,(H,20,24)(H,21,25). The molecule has 2 aliphatic rings. The van der Waals surface area contributed by atoms with E-state index in [-0.39, 0.29) is 11.8 Å². The number of anilines is 1. The van der Waals surface area contributed by atoms with Gasteiger partial charge in [-0.1, -0.05) is 11.6 Å². The Morgan fingerprint density at radius 1 is 1.08 bits per heavy atom. The molecule has 7 heteroatoms. The summed E-state index contributed by atoms with van der Waals surface area (Å²) in [6, 6.07) is 5.85. The Balaban J connectivity index is 1.39. The van der Waals surface area contributed by atoms with E-state index in [0.29, 0.717) is 24.2 Å². The summed E-state index contributed by atoms with van der Waals surface area (Å²) in [5.74, 6) is 0.0947. The van der Waals surface area contributed by atoms with Crippen LogP contribution >= 0.6 is 11.6 Å². The summed E-state index contributed by atoms with van der Waals surface area (Å²) in [5.41, 5.74) is 1.75. The molecule has 1 aliphatic carbocycles. The Bertz CT molecular complexity index is 640. The number of carbonyl (C=O) groups excluding carboxylic acids is 2. The molecule has 1 saturated heterocycles. The van der Waals surface area contributed by atoms with Crippen LogP contribution in [0, 0.1) is 6.92 Å². The van der Waals surface area contributed by atoms with Crippen molar-refractivity contribution < 1.29 is 9.59 Å². The molecule has 2 fully saturated rings. The summed E-state index contributed by atoms with van der Waals surface area (Å²) < 4.78 is 0. The van der Waals surface area contributed by atoms with E-state index in [9.17, 15) is 9.59 Å². The zero-order chi connectivity index (χ0) is 17.8. The molecule has 3 rings (SSSR count). The number of piperazine rings is 1. The summed E-state index contributed by atoms with van der Waals surface area (Å²) in [6.07, 6.45) is 2.23. The predicted octanol–water partition coefficient (Wildman–Crippen LogP) is 1.48. The van der Waals surface area contributed by atoms with Crippen molar-refractivity contribution in [3.63, 3.8) is 0 Å². The van der Waals surface area contributed by atoms with Gasteiger partial charge in [-0.25, -0.2) is 0 Å². The molecule has 0 atom stereocenters. The number of benzene rings is 1. The van der Waals surface area contributed by atoms with Gasteiger partial charge in [0.15, 0.2) is 0 Å². The third-order valence-electron chi connectivity index (χ3n) is 4.60. The second-order valence-corrected chi connectivity index (χ2v) is 7.34. The van der Waals surface area contributed by atoms with E-state index in [1.807, 2.05) is 19.1 Å². The Morgan fingerprint density at radius 3 is 2.24 bits per heavy atom. The molecule has 6 nitrogen and oxygen atoms in total. The van der Waals surface area contributed by atoms with Crippen LogP contribution in [0.4, 0.5) is 5.69 Å². The first-order valence-electron chi connectivity index (χ1n) is 8.79. The molecule has 136 valence electrons. The van der Waals surface area contributed by atoms with Gasteiger partial charge in [0.2, 0.25) is 11.8 Å². The third kappa shape index (κ3) is 5.70. The number of aryl methyl sites for hydroxylation is 1. The van der Waals surface area contributed by atoms with Gasteiger partial charge < -0.3 is 10.6 Å². The maximum absolute atomic E-state index is 12.2. The fraction of sp³-hybridized carbons (Fsp3) is 0.556. The van der Waals surface area contributed by atoms with E-state index >= 15 is 0 Å². The van der Waals surface area contributed by atoms with Crippen LogP contribution in [-0.2, 0) is 9.59 Å². The number of halogens is 1. The van der Waals surface area contributed by atoms with Crippen LogP contribution in [0.1, 0.15) is 18.4 Å². The van der Waals surface area contributed by atoms with Gasteiger partial charge in [-0.3, -0.25) is 19.4 Å². The number of nitrogens with zero attached hydrogens (tertiary/aromatic N) is 2. The third-order valence-corrected chi connectivity index (χ3v) is 4.84. The Kier molecular flexibility index (Phi) is 5.93. The zero-order valence-corrected chi connectivity index (χ0v) is 15.3. The number of hydrogen-bond donors (Lipinski definition) is 2. The molecule has 1 heterocycles. The molecule has 0 spiro atoms. The maximum Gasteiger partial charge on any atom is 0.238 e. The second-order valence-electron chi connectivity index (χ2n) is 6.90. The largest absolute Gasteiger partial charge is 0.352 e. The molecule has 25 heavy (non-hydrogen) atoms. The van der Waals surface area contributed by atoms with Gasteiger partial charge in [-0.2, -0.15) is 0 Å². The highest BCUT2D eigenvalue weighted by Gasteiger charge is 2.25. The lowest BCUT2D eigenvalue weighted by atomic mass is 10.2. The first-order valence-corrected chi connectivity index (χ1v) is 9.17. The molecule has 0 aromatic heterocycles. The molecular weight excluding hydrogens is 340 g/mol. The summed E-state index contributed by atoms with van der Waals surface area (Å²) in [6.45, 7) is 5.96. The van der Waals surface area contributed by atoms with Gasteiger partial charge in [0.25, 0.3) is 0 Å². The molecule has 2 N–H and O–H groups in total. The number of nitrogens with one attached hydrogen (secondary N) is 2. The van der Waals surface area contributed by atoms with Crippen LogP contribution in [0.15, 0.2) is 18.2 Å². The van der Waals surface area contributed by atoms with Crippen molar-refractivity contribution in [1.29, 1.82) is 0 Å². The Morgan fingerprint density at radius 2 is 1.68 bits per heavy atom. The van der Waals surface area contributed by atoms with Crippen molar-refractivity contribution in [2.24, 2.45) is 0 Å². The van der Waals surface area contributed by atoms with Crippen molar-refractivity contribution in [3.05, 3.63) is 28.8 Å². The number of rotatable bonds is 6. The molecule has 0 bridgehead atoms. The molecule has 2 amide bonds. The number of carbonyl (C=O) groups is 2. The van der Waals surface area contributed by atoms with Crippen molar-refractivity contribution in [3.8, 4) is 0 Å². The lowest BCUT2D eigenvalue weighted by Gasteiger charge is -2.33. The Labute approximate surface area is 153 Å². The second kappa shape index (κ2) is 8.17. The quantitative estimate of drug-likeness (QED) is 0.802. The summed E-state index contributed by atoms with van der Waals surface area (Å²) in [4.78, 5) is 28.4. The fourth-order valence-corrected chi connectivity index (χ4v) is 3.20. The fourth-order valence-electron chi connectivity index (χ4n) is 2.97. The van der Waals surface area contributed by atoms with Crippen LogP contribution < -0.4 is 10.6 Å². The minimum Gasteiger partial charge on any atom is -0.352 e. The summed E-state index contributed by atoms with van der Waals surface area (Å²) in [5, 5.41) is 6.62. The topological polar surface area (TPSA) is 64.7 Å². The lowest BCUT2D eigenvalue weighted by molar-refractivity contribution is -0.123. The predicted molar refractivity (Wildman–Crippen MR) is 98.9 cm³/mol. The number of hydrogen-bond acceptors (Lipinski definition) is 4. The van der Waals surface area contributed by atoms with Crippen molar-refractivity contribution in [2.45, 2.75) is 25.8 Å². The van der Waals surface area contributed by atoms with Crippen molar-refractivity contribution >= 4 is 29.1 Å². The van der Waals surface area contributed by atoms with E-state index in [2.05, 4.69) is 20.4 Å². The van der Waals surface area contributed by atoms with Gasteiger partial charge >= 0.3 is 0 Å². The zero-order valence-electron chi connectivity index (χ0n) is 14.6. The molecule has 0 radical (unpaired) electrons. The lowest BCUT2D eigenvalue weighted by Crippen LogP contribution is -2.51. The van der Waals surface area contributed by atoms with Gasteiger partial charge in [0.05, 0.1) is 13.1 Å². The van der Waals surface area contributed by atoms with Crippen LogP contribution in [-0.4, -0.2) is 66.9 Å². The monoisotopic (exact) mass is 364 g/mol. The van der Waals surface area contributed by atoms with Gasteiger partial charge in [-0.15, -0.1) is 0 Å². The summed E-state index contributed by atoms with van der Waals surface area (Å²) in [7, 11) is 0. The average molecular weight is 365 g/mol. The molecule has 1 aliphatic heterocycles. The first-order chi connectivity index (χ1) is 12.0. The van der Waals surface area contributed by atoms with E-state index in [1.165, 1.54) is 0 Å². The highest BCUT2D eigenvalue weighted by Crippen LogP contribution is 2.20. The van der Waals surface area contributed by atoms with Crippen molar-refractivity contribution in [1.82, 2.24) is 15.1 Å². The van der Waals surface area contributed by atoms with Crippen molar-refractivity contribution in [2.75, 3.05) is 44.6 Å². The van der Waals surface area contributed by atoms with E-state index in [0.717, 1.165) is 50.3 Å².